The third-order valence-corrected chi connectivity index (χ3v) is 4.43. The molecule has 1 rings (SSSR count). The normalized spacial score (nSPS) is 11.2. The molecule has 0 heterocycles. The number of hydrogen-bond acceptors (Lipinski definition) is 4. The van der Waals surface area contributed by atoms with Gasteiger partial charge in [-0.05, 0) is 83.5 Å². The first-order valence-corrected chi connectivity index (χ1v) is 10.6. The lowest BCUT2D eigenvalue weighted by atomic mass is 10.2. The molecule has 0 bridgehead atoms. The zero-order chi connectivity index (χ0) is 19.4. The van der Waals surface area contributed by atoms with E-state index in [-0.39, 0.29) is 0 Å². The van der Waals surface area contributed by atoms with Gasteiger partial charge < -0.3 is 14.3 Å². The van der Waals surface area contributed by atoms with Crippen molar-refractivity contribution in [3.05, 3.63) is 31.6 Å². The van der Waals surface area contributed by atoms with E-state index in [1.165, 1.54) is 0 Å². The fraction of sp³-hybridized carbons (Fsp3) is 0.500. The number of oxime groups is 1. The first-order valence-electron chi connectivity index (χ1n) is 8.29. The van der Waals surface area contributed by atoms with Gasteiger partial charge >= 0.3 is 0 Å². The standard InChI is InChI=1S/C18H23Br2Cl2NO3/c1-13(2)23-26-9-6-4-3-5-8-25-18-15(19)11-14(12-16(18)21)24-10-7-17(20)22/h7,11-12H,3-6,8-10H2,1-2H3/b17-7-. The Bertz CT molecular complexity index is 593. The molecule has 146 valence electrons. The molecule has 0 aromatic heterocycles. The number of unbranched alkanes of at least 4 members (excludes halogenated alkanes) is 3. The summed E-state index contributed by atoms with van der Waals surface area (Å²) < 4.78 is 12.6. The Morgan fingerprint density at radius 3 is 2.42 bits per heavy atom. The van der Waals surface area contributed by atoms with Crippen LogP contribution in [0.3, 0.4) is 0 Å². The van der Waals surface area contributed by atoms with Crippen molar-refractivity contribution in [2.75, 3.05) is 19.8 Å². The smallest absolute Gasteiger partial charge is 0.152 e. The third-order valence-electron chi connectivity index (χ3n) is 3.08. The lowest BCUT2D eigenvalue weighted by molar-refractivity contribution is 0.139. The van der Waals surface area contributed by atoms with E-state index >= 15 is 0 Å². The van der Waals surface area contributed by atoms with Crippen LogP contribution in [0.5, 0.6) is 11.5 Å². The molecule has 0 aliphatic heterocycles. The zero-order valence-electron chi connectivity index (χ0n) is 14.9. The molecule has 0 N–H and O–H groups in total. The topological polar surface area (TPSA) is 40.0 Å². The quantitative estimate of drug-likeness (QED) is 0.161. The first kappa shape index (κ1) is 23.6. The molecule has 0 radical (unpaired) electrons. The number of nitrogens with zero attached hydrogens (tertiary/aromatic N) is 1. The van der Waals surface area contributed by atoms with Crippen molar-refractivity contribution in [3.63, 3.8) is 0 Å². The van der Waals surface area contributed by atoms with Crippen LogP contribution in [0.15, 0.2) is 31.8 Å². The molecule has 0 saturated heterocycles. The molecule has 8 heteroatoms. The van der Waals surface area contributed by atoms with Gasteiger partial charge in [-0.2, -0.15) is 0 Å². The predicted octanol–water partition coefficient (Wildman–Crippen LogP) is 7.31. The molecule has 0 aliphatic carbocycles. The second kappa shape index (κ2) is 13.7. The molecule has 0 saturated carbocycles. The van der Waals surface area contributed by atoms with Crippen LogP contribution in [0.2, 0.25) is 5.02 Å². The van der Waals surface area contributed by atoms with Gasteiger partial charge in [0.15, 0.2) is 5.75 Å². The van der Waals surface area contributed by atoms with Crippen LogP contribution in [-0.4, -0.2) is 25.5 Å². The van der Waals surface area contributed by atoms with E-state index in [0.717, 1.165) is 35.9 Å². The maximum Gasteiger partial charge on any atom is 0.152 e. The average molecular weight is 532 g/mol. The van der Waals surface area contributed by atoms with E-state index in [1.807, 2.05) is 19.9 Å². The van der Waals surface area contributed by atoms with Gasteiger partial charge in [0, 0.05) is 6.07 Å². The third kappa shape index (κ3) is 10.7. The number of halogens is 4. The van der Waals surface area contributed by atoms with Crippen molar-refractivity contribution >= 4 is 60.8 Å². The molecule has 1 aromatic carbocycles. The van der Waals surface area contributed by atoms with Crippen molar-refractivity contribution in [2.24, 2.45) is 5.16 Å². The largest absolute Gasteiger partial charge is 0.491 e. The summed E-state index contributed by atoms with van der Waals surface area (Å²) in [5, 5.41) is 4.41. The first-order chi connectivity index (χ1) is 12.4. The van der Waals surface area contributed by atoms with Gasteiger partial charge in [0.1, 0.15) is 19.0 Å². The van der Waals surface area contributed by atoms with Gasteiger partial charge in [-0.1, -0.05) is 28.4 Å². The minimum atomic E-state index is 0.347. The van der Waals surface area contributed by atoms with Crippen LogP contribution < -0.4 is 9.47 Å². The number of benzene rings is 1. The maximum atomic E-state index is 6.28. The summed E-state index contributed by atoms with van der Waals surface area (Å²) in [6, 6.07) is 3.55. The summed E-state index contributed by atoms with van der Waals surface area (Å²) in [6.45, 7) is 5.43. The lowest BCUT2D eigenvalue weighted by Gasteiger charge is -2.12. The number of rotatable bonds is 12. The molecule has 1 aromatic rings. The molecule has 0 fully saturated rings. The fourth-order valence-corrected chi connectivity index (χ4v) is 3.06. The number of ether oxygens (including phenoxy) is 2. The number of hydrogen-bond donors (Lipinski definition) is 0. The van der Waals surface area contributed by atoms with Crippen LogP contribution in [0.1, 0.15) is 39.5 Å². The van der Waals surface area contributed by atoms with Crippen LogP contribution in [0.4, 0.5) is 0 Å². The Morgan fingerprint density at radius 2 is 1.81 bits per heavy atom. The van der Waals surface area contributed by atoms with Gasteiger partial charge in [0.05, 0.1) is 25.8 Å². The molecule has 0 aliphatic rings. The van der Waals surface area contributed by atoms with E-state index in [9.17, 15) is 0 Å². The van der Waals surface area contributed by atoms with Crippen molar-refractivity contribution < 1.29 is 14.3 Å². The van der Waals surface area contributed by atoms with E-state index in [2.05, 4.69) is 37.0 Å². The fourth-order valence-electron chi connectivity index (χ4n) is 1.93. The highest BCUT2D eigenvalue weighted by atomic mass is 79.9. The summed E-state index contributed by atoms with van der Waals surface area (Å²) in [6.07, 6.45) is 5.78. The highest BCUT2D eigenvalue weighted by molar-refractivity contribution is 9.12. The van der Waals surface area contributed by atoms with E-state index in [1.54, 1.807) is 12.1 Å². The van der Waals surface area contributed by atoms with Crippen molar-refractivity contribution in [1.82, 2.24) is 0 Å². The Labute approximate surface area is 182 Å². The monoisotopic (exact) mass is 529 g/mol. The predicted molar refractivity (Wildman–Crippen MR) is 116 cm³/mol. The molecule has 0 atom stereocenters. The SMILES string of the molecule is CC(C)=NOCCCCCCOc1c(Cl)cc(OC/C=C(\Cl)Br)cc1Br. The average Bonchev–Trinajstić information content (AvgIpc) is 2.54. The highest BCUT2D eigenvalue weighted by Gasteiger charge is 2.10. The van der Waals surface area contributed by atoms with E-state index in [0.29, 0.717) is 40.3 Å². The van der Waals surface area contributed by atoms with Crippen molar-refractivity contribution in [3.8, 4) is 11.5 Å². The summed E-state index contributed by atoms with van der Waals surface area (Å²) >= 11 is 18.6. The summed E-state index contributed by atoms with van der Waals surface area (Å²) in [4.78, 5) is 5.16. The molecule has 4 nitrogen and oxygen atoms in total. The van der Waals surface area contributed by atoms with Crippen LogP contribution in [0.25, 0.3) is 0 Å². The van der Waals surface area contributed by atoms with E-state index < -0.39 is 0 Å². The molecule has 0 amide bonds. The highest BCUT2D eigenvalue weighted by Crippen LogP contribution is 2.37. The van der Waals surface area contributed by atoms with Crippen LogP contribution in [-0.2, 0) is 4.84 Å². The Hall–Kier alpha value is -0.430. The molecule has 0 unspecified atom stereocenters. The summed E-state index contributed by atoms with van der Waals surface area (Å²) in [5.41, 5.74) is 0.931. The van der Waals surface area contributed by atoms with Gasteiger partial charge in [-0.3, -0.25) is 0 Å². The van der Waals surface area contributed by atoms with Gasteiger partial charge in [0.25, 0.3) is 0 Å². The van der Waals surface area contributed by atoms with Crippen LogP contribution >= 0.6 is 55.1 Å². The maximum absolute atomic E-state index is 6.28. The zero-order valence-corrected chi connectivity index (χ0v) is 19.5. The molecule has 26 heavy (non-hydrogen) atoms. The lowest BCUT2D eigenvalue weighted by Crippen LogP contribution is -2.00. The minimum Gasteiger partial charge on any atom is -0.491 e. The van der Waals surface area contributed by atoms with Gasteiger partial charge in [-0.25, -0.2) is 0 Å². The summed E-state index contributed by atoms with van der Waals surface area (Å²) in [7, 11) is 0. The van der Waals surface area contributed by atoms with Crippen molar-refractivity contribution in [1.29, 1.82) is 0 Å². The molecular formula is C18H23Br2Cl2NO3. The van der Waals surface area contributed by atoms with Gasteiger partial charge in [0.2, 0.25) is 0 Å². The van der Waals surface area contributed by atoms with Crippen LogP contribution in [0, 0.1) is 0 Å². The Morgan fingerprint density at radius 1 is 1.12 bits per heavy atom. The molecule has 0 spiro atoms. The Kier molecular flexibility index (Phi) is 12.4. The molecular weight excluding hydrogens is 509 g/mol. The summed E-state index contributed by atoms with van der Waals surface area (Å²) in [5.74, 6) is 1.27. The minimum absolute atomic E-state index is 0.347. The van der Waals surface area contributed by atoms with Gasteiger partial charge in [-0.15, -0.1) is 0 Å². The van der Waals surface area contributed by atoms with E-state index in [4.69, 9.17) is 37.5 Å². The second-order valence-electron chi connectivity index (χ2n) is 5.66. The Balaban J connectivity index is 2.30. The second-order valence-corrected chi connectivity index (χ2v) is 8.63. The van der Waals surface area contributed by atoms with Crippen molar-refractivity contribution in [2.45, 2.75) is 39.5 Å².